The van der Waals surface area contributed by atoms with Gasteiger partial charge in [0.25, 0.3) is 0 Å². The average molecular weight is 439 g/mol. The fourth-order valence-corrected chi connectivity index (χ4v) is 5.85. The van der Waals surface area contributed by atoms with Crippen molar-refractivity contribution in [2.24, 2.45) is 0 Å². The summed E-state index contributed by atoms with van der Waals surface area (Å²) in [5.41, 5.74) is 4.28. The molecular formula is C25H18N4S2. The van der Waals surface area contributed by atoms with Gasteiger partial charge in [-0.15, -0.1) is 11.3 Å². The van der Waals surface area contributed by atoms with E-state index in [2.05, 4.69) is 18.2 Å². The van der Waals surface area contributed by atoms with E-state index in [1.807, 2.05) is 53.9 Å². The van der Waals surface area contributed by atoms with Crippen LogP contribution in [-0.4, -0.2) is 10.2 Å². The minimum Gasteiger partial charge on any atom is -0.239 e. The monoisotopic (exact) mass is 438 g/mol. The van der Waals surface area contributed by atoms with E-state index in [4.69, 9.17) is 4.98 Å². The molecular weight excluding hydrogens is 420 g/mol. The molecule has 1 atom stereocenters. The van der Waals surface area contributed by atoms with Crippen LogP contribution in [0.3, 0.4) is 0 Å². The lowest BCUT2D eigenvalue weighted by molar-refractivity contribution is 0.606. The van der Waals surface area contributed by atoms with E-state index in [1.54, 1.807) is 11.3 Å². The van der Waals surface area contributed by atoms with Crippen LogP contribution in [0, 0.1) is 34.0 Å². The first-order valence-electron chi connectivity index (χ1n) is 9.99. The predicted octanol–water partition coefficient (Wildman–Crippen LogP) is 6.73. The second-order valence-electron chi connectivity index (χ2n) is 7.17. The zero-order valence-corrected chi connectivity index (χ0v) is 18.3. The van der Waals surface area contributed by atoms with Gasteiger partial charge < -0.3 is 0 Å². The molecule has 2 heterocycles. The quantitative estimate of drug-likeness (QED) is 0.422. The fraction of sp³-hybridized carbons (Fsp3) is 0.200. The summed E-state index contributed by atoms with van der Waals surface area (Å²) in [6.07, 6.45) is 3.61. The molecule has 1 aromatic carbocycles. The number of benzene rings is 1. The Morgan fingerprint density at radius 2 is 1.84 bits per heavy atom. The van der Waals surface area contributed by atoms with E-state index in [-0.39, 0.29) is 10.8 Å². The molecule has 4 rings (SSSR count). The number of hydrogen-bond donors (Lipinski definition) is 0. The molecule has 0 aliphatic heterocycles. The molecule has 150 valence electrons. The Bertz CT molecular complexity index is 1220. The zero-order valence-electron chi connectivity index (χ0n) is 16.7. The largest absolute Gasteiger partial charge is 0.239 e. The van der Waals surface area contributed by atoms with Crippen LogP contribution in [0.5, 0.6) is 0 Å². The van der Waals surface area contributed by atoms with Crippen molar-refractivity contribution in [2.45, 2.75) is 36.0 Å². The Morgan fingerprint density at radius 1 is 1.03 bits per heavy atom. The highest BCUT2D eigenvalue weighted by Crippen LogP contribution is 2.42. The van der Waals surface area contributed by atoms with Crippen LogP contribution in [0.1, 0.15) is 31.2 Å². The van der Waals surface area contributed by atoms with Crippen molar-refractivity contribution in [2.75, 3.05) is 0 Å². The number of thioether (sulfide) groups is 1. The van der Waals surface area contributed by atoms with Crippen molar-refractivity contribution in [3.8, 4) is 39.9 Å². The van der Waals surface area contributed by atoms with Gasteiger partial charge in [0.2, 0.25) is 0 Å². The number of nitrogens with zero attached hydrogens (tertiary/aromatic N) is 4. The van der Waals surface area contributed by atoms with Crippen molar-refractivity contribution >= 4 is 23.1 Å². The number of aromatic nitrogens is 1. The number of pyridine rings is 1. The summed E-state index contributed by atoms with van der Waals surface area (Å²) in [5.74, 6) is 0. The molecule has 0 N–H and O–H groups in total. The molecule has 1 saturated carbocycles. The number of nitriles is 3. The van der Waals surface area contributed by atoms with Gasteiger partial charge in [-0.3, -0.25) is 0 Å². The number of allylic oxidation sites excluding steroid dienone is 1. The van der Waals surface area contributed by atoms with Crippen LogP contribution in [0.2, 0.25) is 0 Å². The number of hydrogen-bond acceptors (Lipinski definition) is 6. The Morgan fingerprint density at radius 3 is 2.52 bits per heavy atom. The van der Waals surface area contributed by atoms with Crippen molar-refractivity contribution in [1.82, 2.24) is 4.98 Å². The predicted molar refractivity (Wildman–Crippen MR) is 124 cm³/mol. The first-order chi connectivity index (χ1) is 15.2. The Kier molecular flexibility index (Phi) is 6.48. The molecule has 3 aromatic rings. The summed E-state index contributed by atoms with van der Waals surface area (Å²) >= 11 is 3.12. The molecule has 1 fully saturated rings. The van der Waals surface area contributed by atoms with Crippen LogP contribution in [0.25, 0.3) is 21.7 Å². The van der Waals surface area contributed by atoms with Gasteiger partial charge in [0.05, 0.1) is 16.1 Å². The molecule has 1 aliphatic carbocycles. The van der Waals surface area contributed by atoms with Gasteiger partial charge in [-0.05, 0) is 47.9 Å². The highest BCUT2D eigenvalue weighted by Gasteiger charge is 2.26. The SMILES string of the molecule is N#CC(C#N)=C1CCCCC1Sc1nc(-c2cccs2)cc(-c2ccccc2)c1C#N. The summed E-state index contributed by atoms with van der Waals surface area (Å²) in [5, 5.41) is 31.5. The fourth-order valence-electron chi connectivity index (χ4n) is 3.81. The van der Waals surface area contributed by atoms with Crippen molar-refractivity contribution < 1.29 is 0 Å². The first kappa shape index (κ1) is 20.9. The minimum atomic E-state index is -0.0233. The summed E-state index contributed by atoms with van der Waals surface area (Å²) in [6.45, 7) is 0. The first-order valence-corrected chi connectivity index (χ1v) is 11.8. The van der Waals surface area contributed by atoms with E-state index < -0.39 is 0 Å². The van der Waals surface area contributed by atoms with Crippen LogP contribution in [0.15, 0.2) is 70.1 Å². The van der Waals surface area contributed by atoms with E-state index in [1.165, 1.54) is 11.8 Å². The Hall–Kier alpha value is -3.37. The van der Waals surface area contributed by atoms with Gasteiger partial charge >= 0.3 is 0 Å². The van der Waals surface area contributed by atoms with Crippen LogP contribution in [0.4, 0.5) is 0 Å². The lowest BCUT2D eigenvalue weighted by atomic mass is 9.91. The summed E-state index contributed by atoms with van der Waals surface area (Å²) in [4.78, 5) is 5.91. The third kappa shape index (κ3) is 4.39. The molecule has 2 aromatic heterocycles. The molecule has 6 heteroatoms. The molecule has 1 aliphatic rings. The zero-order chi connectivity index (χ0) is 21.6. The maximum Gasteiger partial charge on any atom is 0.130 e. The highest BCUT2D eigenvalue weighted by atomic mass is 32.2. The van der Waals surface area contributed by atoms with Gasteiger partial charge in [-0.1, -0.05) is 54.6 Å². The molecule has 1 unspecified atom stereocenters. The number of thiophene rings is 1. The standard InChI is InChI=1S/C25H18N4S2/c26-14-18(15-27)19-9-4-5-10-23(19)31-25-21(16-28)20(17-7-2-1-3-8-17)13-22(29-25)24-11-6-12-30-24/h1-3,6-8,11-13,23H,4-5,9-10H2. The van der Waals surface area contributed by atoms with Gasteiger partial charge in [-0.2, -0.15) is 15.8 Å². The lowest BCUT2D eigenvalue weighted by Crippen LogP contribution is -2.15. The van der Waals surface area contributed by atoms with Crippen LogP contribution < -0.4 is 0 Å². The molecule has 0 radical (unpaired) electrons. The Balaban J connectivity index is 1.86. The molecule has 0 spiro atoms. The van der Waals surface area contributed by atoms with E-state index >= 15 is 0 Å². The Labute approximate surface area is 190 Å². The molecule has 4 nitrogen and oxygen atoms in total. The second kappa shape index (κ2) is 9.63. The molecule has 0 amide bonds. The van der Waals surface area contributed by atoms with Gasteiger partial charge in [0.15, 0.2) is 0 Å². The molecule has 0 bridgehead atoms. The molecule has 31 heavy (non-hydrogen) atoms. The normalized spacial score (nSPS) is 15.5. The average Bonchev–Trinajstić information content (AvgIpc) is 3.36. The van der Waals surface area contributed by atoms with Crippen LogP contribution in [-0.2, 0) is 0 Å². The highest BCUT2D eigenvalue weighted by molar-refractivity contribution is 8.00. The van der Waals surface area contributed by atoms with Crippen LogP contribution >= 0.6 is 23.1 Å². The maximum atomic E-state index is 10.1. The summed E-state index contributed by atoms with van der Waals surface area (Å²) in [7, 11) is 0. The van der Waals surface area contributed by atoms with Crippen molar-refractivity contribution in [3.63, 3.8) is 0 Å². The van der Waals surface area contributed by atoms with E-state index in [0.717, 1.165) is 53.0 Å². The smallest absolute Gasteiger partial charge is 0.130 e. The second-order valence-corrected chi connectivity index (χ2v) is 9.31. The topological polar surface area (TPSA) is 84.3 Å². The van der Waals surface area contributed by atoms with Crippen molar-refractivity contribution in [1.29, 1.82) is 15.8 Å². The van der Waals surface area contributed by atoms with E-state index in [0.29, 0.717) is 10.6 Å². The van der Waals surface area contributed by atoms with Gasteiger partial charge in [-0.25, -0.2) is 4.98 Å². The van der Waals surface area contributed by atoms with Gasteiger partial charge in [0.1, 0.15) is 28.8 Å². The third-order valence-corrected chi connectivity index (χ3v) is 7.52. The number of rotatable bonds is 4. The summed E-state index contributed by atoms with van der Waals surface area (Å²) < 4.78 is 0. The summed E-state index contributed by atoms with van der Waals surface area (Å²) in [6, 6.07) is 22.4. The maximum absolute atomic E-state index is 10.1. The minimum absolute atomic E-state index is 0.0233. The van der Waals surface area contributed by atoms with E-state index in [9.17, 15) is 15.8 Å². The third-order valence-electron chi connectivity index (χ3n) is 5.31. The van der Waals surface area contributed by atoms with Gasteiger partial charge in [0, 0.05) is 10.8 Å². The lowest BCUT2D eigenvalue weighted by Gasteiger charge is -2.25. The van der Waals surface area contributed by atoms with Crippen molar-refractivity contribution in [3.05, 3.63) is 70.6 Å². The molecule has 0 saturated heterocycles.